The fraction of sp³-hybridized carbons (Fsp3) is 0.417. The SMILES string of the molecule is O=C(O)CC(c1cc(F)ccc1F)C1CC1. The second kappa shape index (κ2) is 4.20. The minimum Gasteiger partial charge on any atom is -0.481 e. The maximum atomic E-state index is 13.5. The number of aliphatic carboxylic acids is 1. The van der Waals surface area contributed by atoms with Gasteiger partial charge in [0.1, 0.15) is 11.6 Å². The van der Waals surface area contributed by atoms with E-state index in [1.165, 1.54) is 0 Å². The van der Waals surface area contributed by atoms with Crippen LogP contribution in [0.3, 0.4) is 0 Å². The van der Waals surface area contributed by atoms with Crippen molar-refractivity contribution in [3.8, 4) is 0 Å². The zero-order valence-electron chi connectivity index (χ0n) is 8.62. The van der Waals surface area contributed by atoms with Crippen molar-refractivity contribution in [1.82, 2.24) is 0 Å². The molecule has 4 heteroatoms. The molecule has 86 valence electrons. The van der Waals surface area contributed by atoms with Crippen LogP contribution in [0.25, 0.3) is 0 Å². The molecule has 16 heavy (non-hydrogen) atoms. The summed E-state index contributed by atoms with van der Waals surface area (Å²) in [6, 6.07) is 3.21. The Morgan fingerprint density at radius 1 is 1.44 bits per heavy atom. The molecule has 0 aromatic heterocycles. The monoisotopic (exact) mass is 226 g/mol. The van der Waals surface area contributed by atoms with Crippen LogP contribution in [0.2, 0.25) is 0 Å². The topological polar surface area (TPSA) is 37.3 Å². The summed E-state index contributed by atoms with van der Waals surface area (Å²) in [6.45, 7) is 0. The molecule has 0 aliphatic heterocycles. The molecule has 1 N–H and O–H groups in total. The molecule has 1 aliphatic carbocycles. The number of hydrogen-bond donors (Lipinski definition) is 1. The summed E-state index contributed by atoms with van der Waals surface area (Å²) in [6.07, 6.45) is 1.66. The number of carbonyl (C=O) groups is 1. The van der Waals surface area contributed by atoms with E-state index in [1.54, 1.807) is 0 Å². The highest BCUT2D eigenvalue weighted by Gasteiger charge is 2.35. The average Bonchev–Trinajstić information content (AvgIpc) is 3.02. The van der Waals surface area contributed by atoms with Gasteiger partial charge in [-0.2, -0.15) is 0 Å². The van der Waals surface area contributed by atoms with Crippen LogP contribution < -0.4 is 0 Å². The summed E-state index contributed by atoms with van der Waals surface area (Å²) in [5.41, 5.74) is 0.199. The van der Waals surface area contributed by atoms with E-state index in [9.17, 15) is 13.6 Å². The third kappa shape index (κ3) is 2.38. The third-order valence-electron chi connectivity index (χ3n) is 2.94. The molecule has 0 saturated heterocycles. The van der Waals surface area contributed by atoms with Crippen molar-refractivity contribution in [2.75, 3.05) is 0 Å². The van der Waals surface area contributed by atoms with E-state index in [-0.39, 0.29) is 17.9 Å². The van der Waals surface area contributed by atoms with Crippen molar-refractivity contribution < 1.29 is 18.7 Å². The molecule has 0 heterocycles. The Labute approximate surface area is 91.9 Å². The smallest absolute Gasteiger partial charge is 0.303 e. The Kier molecular flexibility index (Phi) is 2.90. The number of carboxylic acids is 1. The summed E-state index contributed by atoms with van der Waals surface area (Å²) in [5.74, 6) is -2.21. The van der Waals surface area contributed by atoms with Crippen LogP contribution in [0.15, 0.2) is 18.2 Å². The van der Waals surface area contributed by atoms with Crippen LogP contribution in [0.1, 0.15) is 30.7 Å². The second-order valence-corrected chi connectivity index (χ2v) is 4.21. The number of benzene rings is 1. The van der Waals surface area contributed by atoms with Crippen molar-refractivity contribution >= 4 is 5.97 Å². The largest absolute Gasteiger partial charge is 0.481 e. The molecule has 0 spiro atoms. The summed E-state index contributed by atoms with van der Waals surface area (Å²) < 4.78 is 26.5. The lowest BCUT2D eigenvalue weighted by molar-refractivity contribution is -0.137. The van der Waals surface area contributed by atoms with Crippen LogP contribution in [0.5, 0.6) is 0 Å². The van der Waals surface area contributed by atoms with Crippen LogP contribution in [0.4, 0.5) is 8.78 Å². The van der Waals surface area contributed by atoms with Gasteiger partial charge < -0.3 is 5.11 Å². The van der Waals surface area contributed by atoms with Crippen molar-refractivity contribution in [3.05, 3.63) is 35.4 Å². The molecule has 2 rings (SSSR count). The zero-order chi connectivity index (χ0) is 11.7. The van der Waals surface area contributed by atoms with Crippen LogP contribution >= 0.6 is 0 Å². The molecule has 1 aromatic rings. The van der Waals surface area contributed by atoms with Crippen molar-refractivity contribution in [2.24, 2.45) is 5.92 Å². The predicted octanol–water partition coefficient (Wildman–Crippen LogP) is 2.93. The maximum absolute atomic E-state index is 13.5. The van der Waals surface area contributed by atoms with Gasteiger partial charge in [-0.3, -0.25) is 4.79 Å². The average molecular weight is 226 g/mol. The number of hydrogen-bond acceptors (Lipinski definition) is 1. The van der Waals surface area contributed by atoms with Gasteiger partial charge in [0, 0.05) is 5.92 Å². The molecule has 1 saturated carbocycles. The molecule has 1 aromatic carbocycles. The molecular weight excluding hydrogens is 214 g/mol. The molecule has 1 aliphatic rings. The first kappa shape index (κ1) is 11.0. The van der Waals surface area contributed by atoms with E-state index in [1.807, 2.05) is 0 Å². The molecule has 1 fully saturated rings. The normalized spacial score (nSPS) is 17.1. The summed E-state index contributed by atoms with van der Waals surface area (Å²) in [4.78, 5) is 10.7. The quantitative estimate of drug-likeness (QED) is 0.857. The Morgan fingerprint density at radius 2 is 2.12 bits per heavy atom. The van der Waals surface area contributed by atoms with Crippen molar-refractivity contribution in [3.63, 3.8) is 0 Å². The van der Waals surface area contributed by atoms with Gasteiger partial charge in [-0.15, -0.1) is 0 Å². The first-order chi connectivity index (χ1) is 7.58. The lowest BCUT2D eigenvalue weighted by Crippen LogP contribution is -2.10. The first-order valence-electron chi connectivity index (χ1n) is 5.24. The molecule has 1 unspecified atom stereocenters. The molecular formula is C12H12F2O2. The van der Waals surface area contributed by atoms with Gasteiger partial charge in [0.25, 0.3) is 0 Å². The highest BCUT2D eigenvalue weighted by molar-refractivity contribution is 5.68. The van der Waals surface area contributed by atoms with E-state index in [0.717, 1.165) is 31.0 Å². The van der Waals surface area contributed by atoms with Gasteiger partial charge in [0.05, 0.1) is 6.42 Å². The van der Waals surface area contributed by atoms with E-state index < -0.39 is 23.5 Å². The minimum absolute atomic E-state index is 0.134. The Morgan fingerprint density at radius 3 is 2.69 bits per heavy atom. The van der Waals surface area contributed by atoms with E-state index >= 15 is 0 Å². The summed E-state index contributed by atoms with van der Waals surface area (Å²) in [5, 5.41) is 8.77. The van der Waals surface area contributed by atoms with E-state index in [0.29, 0.717) is 0 Å². The van der Waals surface area contributed by atoms with Gasteiger partial charge in [-0.05, 0) is 42.5 Å². The Balaban J connectivity index is 2.30. The highest BCUT2D eigenvalue weighted by Crippen LogP contribution is 2.45. The van der Waals surface area contributed by atoms with Crippen LogP contribution in [0, 0.1) is 17.6 Å². The molecule has 0 bridgehead atoms. The lowest BCUT2D eigenvalue weighted by atomic mass is 9.90. The first-order valence-corrected chi connectivity index (χ1v) is 5.24. The fourth-order valence-electron chi connectivity index (χ4n) is 2.02. The standard InChI is InChI=1S/C12H12F2O2/c13-8-3-4-11(14)10(5-8)9(6-12(15)16)7-1-2-7/h3-5,7,9H,1-2,6H2,(H,15,16). The fourth-order valence-corrected chi connectivity index (χ4v) is 2.02. The maximum Gasteiger partial charge on any atom is 0.303 e. The predicted molar refractivity (Wildman–Crippen MR) is 54.1 cm³/mol. The van der Waals surface area contributed by atoms with Gasteiger partial charge in [0.15, 0.2) is 0 Å². The van der Waals surface area contributed by atoms with E-state index in [4.69, 9.17) is 5.11 Å². The van der Waals surface area contributed by atoms with Crippen molar-refractivity contribution in [1.29, 1.82) is 0 Å². The Hall–Kier alpha value is -1.45. The highest BCUT2D eigenvalue weighted by atomic mass is 19.1. The molecule has 1 atom stereocenters. The van der Waals surface area contributed by atoms with E-state index in [2.05, 4.69) is 0 Å². The molecule has 0 radical (unpaired) electrons. The third-order valence-corrected chi connectivity index (χ3v) is 2.94. The molecule has 0 amide bonds. The number of rotatable bonds is 4. The second-order valence-electron chi connectivity index (χ2n) is 4.21. The van der Waals surface area contributed by atoms with Crippen LogP contribution in [-0.2, 0) is 4.79 Å². The molecule has 2 nitrogen and oxygen atoms in total. The Bertz CT molecular complexity index is 413. The van der Waals surface area contributed by atoms with Gasteiger partial charge in [-0.1, -0.05) is 0 Å². The van der Waals surface area contributed by atoms with Crippen LogP contribution in [-0.4, -0.2) is 11.1 Å². The zero-order valence-corrected chi connectivity index (χ0v) is 8.62. The minimum atomic E-state index is -0.972. The summed E-state index contributed by atoms with van der Waals surface area (Å²) >= 11 is 0. The lowest BCUT2D eigenvalue weighted by Gasteiger charge is -2.15. The van der Waals surface area contributed by atoms with Gasteiger partial charge >= 0.3 is 5.97 Å². The summed E-state index contributed by atoms with van der Waals surface area (Å²) in [7, 11) is 0. The number of halogens is 2. The van der Waals surface area contributed by atoms with Gasteiger partial charge in [-0.25, -0.2) is 8.78 Å². The van der Waals surface area contributed by atoms with Gasteiger partial charge in [0.2, 0.25) is 0 Å². The number of carboxylic acid groups (broad SMARTS) is 1. The van der Waals surface area contributed by atoms with Crippen molar-refractivity contribution in [2.45, 2.75) is 25.2 Å².